The van der Waals surface area contributed by atoms with Crippen LogP contribution < -0.4 is 4.74 Å². The Hall–Kier alpha value is -3.00. The van der Waals surface area contributed by atoms with Gasteiger partial charge in [0.1, 0.15) is 0 Å². The second kappa shape index (κ2) is 12.1. The standard InChI is InChI=1S/C28H34FN3O3/c1-3-16-34-20-23(33)18-31(17-21-14-15-21)19-24-26(4-2)30-32(22-10-6-5-7-11-22)28(24)35-27-13-9-8-12-25(27)29/h3,5-13,21,23,33H,1,4,14-20H2,2H3/t23-/m0/s1. The summed E-state index contributed by atoms with van der Waals surface area (Å²) in [7, 11) is 0. The zero-order chi connectivity index (χ0) is 24.6. The first-order valence-corrected chi connectivity index (χ1v) is 12.3. The number of halogens is 1. The monoisotopic (exact) mass is 479 g/mol. The summed E-state index contributed by atoms with van der Waals surface area (Å²) in [5, 5.41) is 15.5. The number of benzene rings is 2. The Bertz CT molecular complexity index is 1100. The SMILES string of the molecule is C=CCOC[C@@H](O)CN(Cc1c(CC)nn(-c2ccccc2)c1Oc1ccccc1F)CC1CC1. The first-order valence-electron chi connectivity index (χ1n) is 12.3. The van der Waals surface area contributed by atoms with Crippen molar-refractivity contribution in [2.24, 2.45) is 5.92 Å². The Morgan fingerprint density at radius 3 is 2.63 bits per heavy atom. The molecule has 0 aliphatic heterocycles. The van der Waals surface area contributed by atoms with Crippen LogP contribution in [-0.2, 0) is 17.7 Å². The van der Waals surface area contributed by atoms with Crippen LogP contribution in [-0.4, -0.2) is 52.2 Å². The molecule has 3 aromatic rings. The fraction of sp³-hybridized carbons (Fsp3) is 0.393. The second-order valence-electron chi connectivity index (χ2n) is 8.98. The van der Waals surface area contributed by atoms with Gasteiger partial charge in [0.25, 0.3) is 0 Å². The molecule has 0 spiro atoms. The molecule has 7 heteroatoms. The highest BCUT2D eigenvalue weighted by molar-refractivity contribution is 5.44. The van der Waals surface area contributed by atoms with E-state index in [1.807, 2.05) is 30.3 Å². The van der Waals surface area contributed by atoms with Gasteiger partial charge in [-0.25, -0.2) is 9.07 Å². The topological polar surface area (TPSA) is 59.8 Å². The molecule has 0 bridgehead atoms. The molecule has 1 fully saturated rings. The third-order valence-electron chi connectivity index (χ3n) is 6.01. The Morgan fingerprint density at radius 1 is 1.20 bits per heavy atom. The number of hydrogen-bond acceptors (Lipinski definition) is 5. The summed E-state index contributed by atoms with van der Waals surface area (Å²) in [6.45, 7) is 8.23. The predicted octanol–water partition coefficient (Wildman–Crippen LogP) is 5.14. The molecule has 35 heavy (non-hydrogen) atoms. The molecule has 186 valence electrons. The fourth-order valence-corrected chi connectivity index (χ4v) is 4.13. The molecule has 0 radical (unpaired) electrons. The second-order valence-corrected chi connectivity index (χ2v) is 8.98. The highest BCUT2D eigenvalue weighted by Crippen LogP contribution is 2.35. The minimum atomic E-state index is -0.626. The Balaban J connectivity index is 1.67. The quantitative estimate of drug-likeness (QED) is 0.256. The Kier molecular flexibility index (Phi) is 8.69. The first-order chi connectivity index (χ1) is 17.1. The smallest absolute Gasteiger partial charge is 0.227 e. The van der Waals surface area contributed by atoms with Gasteiger partial charge in [-0.2, -0.15) is 5.10 Å². The number of hydrogen-bond donors (Lipinski definition) is 1. The van der Waals surface area contributed by atoms with Gasteiger partial charge >= 0.3 is 0 Å². The third kappa shape index (κ3) is 6.78. The number of nitrogens with zero attached hydrogens (tertiary/aromatic N) is 3. The van der Waals surface area contributed by atoms with E-state index in [0.717, 1.165) is 23.5 Å². The molecule has 1 aromatic heterocycles. The van der Waals surface area contributed by atoms with Crippen LogP contribution in [0, 0.1) is 11.7 Å². The zero-order valence-electron chi connectivity index (χ0n) is 20.3. The van der Waals surface area contributed by atoms with Gasteiger partial charge in [0.15, 0.2) is 11.6 Å². The predicted molar refractivity (Wildman–Crippen MR) is 134 cm³/mol. The Morgan fingerprint density at radius 2 is 1.94 bits per heavy atom. The molecule has 0 amide bonds. The lowest BCUT2D eigenvalue weighted by Gasteiger charge is -2.25. The van der Waals surface area contributed by atoms with Crippen LogP contribution in [0.5, 0.6) is 11.6 Å². The average molecular weight is 480 g/mol. The number of aliphatic hydroxyl groups is 1. The molecule has 2 aromatic carbocycles. The van der Waals surface area contributed by atoms with Crippen molar-refractivity contribution in [1.82, 2.24) is 14.7 Å². The van der Waals surface area contributed by atoms with Crippen LogP contribution in [0.25, 0.3) is 5.69 Å². The molecule has 1 atom stereocenters. The Labute approximate surface area is 206 Å². The summed E-state index contributed by atoms with van der Waals surface area (Å²) in [6, 6.07) is 16.1. The number of para-hydroxylation sites is 2. The summed E-state index contributed by atoms with van der Waals surface area (Å²) in [5.74, 6) is 0.847. The fourth-order valence-electron chi connectivity index (χ4n) is 4.13. The molecule has 6 nitrogen and oxygen atoms in total. The maximum atomic E-state index is 14.6. The van der Waals surface area contributed by atoms with Gasteiger partial charge in [0.05, 0.1) is 36.3 Å². The molecule has 0 unspecified atom stereocenters. The van der Waals surface area contributed by atoms with Crippen molar-refractivity contribution < 1.29 is 19.0 Å². The maximum absolute atomic E-state index is 14.6. The molecular formula is C28H34FN3O3. The summed E-state index contributed by atoms with van der Waals surface area (Å²) < 4.78 is 28.0. The van der Waals surface area contributed by atoms with Crippen molar-refractivity contribution in [3.63, 3.8) is 0 Å². The van der Waals surface area contributed by atoms with E-state index < -0.39 is 11.9 Å². The van der Waals surface area contributed by atoms with Gasteiger partial charge in [0.2, 0.25) is 5.88 Å². The average Bonchev–Trinajstić information content (AvgIpc) is 3.62. The largest absolute Gasteiger partial charge is 0.435 e. The highest BCUT2D eigenvalue weighted by atomic mass is 19.1. The van der Waals surface area contributed by atoms with E-state index >= 15 is 0 Å². The zero-order valence-corrected chi connectivity index (χ0v) is 20.3. The molecule has 1 heterocycles. The molecule has 1 N–H and O–H groups in total. The normalized spacial score (nSPS) is 14.3. The summed E-state index contributed by atoms with van der Waals surface area (Å²) >= 11 is 0. The number of aromatic nitrogens is 2. The number of aryl methyl sites for hydroxylation is 1. The maximum Gasteiger partial charge on any atom is 0.227 e. The molecule has 1 aliphatic rings. The van der Waals surface area contributed by atoms with E-state index in [1.165, 1.54) is 18.9 Å². The van der Waals surface area contributed by atoms with Crippen molar-refractivity contribution in [1.29, 1.82) is 0 Å². The molecule has 4 rings (SSSR count). The van der Waals surface area contributed by atoms with Crippen LogP contribution >= 0.6 is 0 Å². The number of aliphatic hydroxyl groups excluding tert-OH is 1. The van der Waals surface area contributed by atoms with Crippen LogP contribution in [0.4, 0.5) is 4.39 Å². The van der Waals surface area contributed by atoms with E-state index in [1.54, 1.807) is 29.0 Å². The lowest BCUT2D eigenvalue weighted by molar-refractivity contribution is 0.0235. The third-order valence-corrected chi connectivity index (χ3v) is 6.01. The molecule has 0 saturated heterocycles. The van der Waals surface area contributed by atoms with Gasteiger partial charge in [-0.15, -0.1) is 6.58 Å². The molecule has 1 saturated carbocycles. The highest BCUT2D eigenvalue weighted by Gasteiger charge is 2.29. The van der Waals surface area contributed by atoms with E-state index in [-0.39, 0.29) is 12.4 Å². The van der Waals surface area contributed by atoms with E-state index in [0.29, 0.717) is 37.9 Å². The van der Waals surface area contributed by atoms with Crippen molar-refractivity contribution >= 4 is 0 Å². The van der Waals surface area contributed by atoms with Gasteiger partial charge in [-0.1, -0.05) is 43.3 Å². The summed E-state index contributed by atoms with van der Waals surface area (Å²) in [6.07, 6.45) is 4.14. The number of rotatable bonds is 14. The van der Waals surface area contributed by atoms with E-state index in [2.05, 4.69) is 18.4 Å². The van der Waals surface area contributed by atoms with Gasteiger partial charge < -0.3 is 14.6 Å². The molecule has 1 aliphatic carbocycles. The van der Waals surface area contributed by atoms with Crippen molar-refractivity contribution in [2.75, 3.05) is 26.3 Å². The van der Waals surface area contributed by atoms with E-state index in [4.69, 9.17) is 14.6 Å². The van der Waals surface area contributed by atoms with Crippen molar-refractivity contribution in [3.8, 4) is 17.3 Å². The lowest BCUT2D eigenvalue weighted by Crippen LogP contribution is -2.36. The van der Waals surface area contributed by atoms with Crippen LogP contribution in [0.3, 0.4) is 0 Å². The van der Waals surface area contributed by atoms with Gasteiger partial charge in [0, 0.05) is 19.6 Å². The first kappa shape index (κ1) is 25.1. The van der Waals surface area contributed by atoms with Crippen LogP contribution in [0.1, 0.15) is 31.0 Å². The van der Waals surface area contributed by atoms with Gasteiger partial charge in [-0.05, 0) is 49.4 Å². The minimum Gasteiger partial charge on any atom is -0.435 e. The van der Waals surface area contributed by atoms with Gasteiger partial charge in [-0.3, -0.25) is 4.90 Å². The van der Waals surface area contributed by atoms with E-state index in [9.17, 15) is 9.50 Å². The summed E-state index contributed by atoms with van der Waals surface area (Å²) in [5.41, 5.74) is 2.63. The summed E-state index contributed by atoms with van der Waals surface area (Å²) in [4.78, 5) is 2.24. The van der Waals surface area contributed by atoms with Crippen LogP contribution in [0.2, 0.25) is 0 Å². The number of ether oxygens (including phenoxy) is 2. The van der Waals surface area contributed by atoms with Crippen molar-refractivity contribution in [3.05, 3.63) is 84.3 Å². The molecular weight excluding hydrogens is 445 g/mol. The van der Waals surface area contributed by atoms with Crippen LogP contribution in [0.15, 0.2) is 67.3 Å². The van der Waals surface area contributed by atoms with Crippen molar-refractivity contribution in [2.45, 2.75) is 38.8 Å². The minimum absolute atomic E-state index is 0.153. The lowest BCUT2D eigenvalue weighted by atomic mass is 10.1.